The van der Waals surface area contributed by atoms with Crippen LogP contribution in [0.15, 0.2) is 0 Å². The van der Waals surface area contributed by atoms with Gasteiger partial charge in [0.15, 0.2) is 6.29 Å². The van der Waals surface area contributed by atoms with Gasteiger partial charge in [0, 0.05) is 0 Å². The Bertz CT molecular complexity index is 392. The first-order valence-electron chi connectivity index (χ1n) is 5.81. The molecule has 2 fully saturated rings. The highest BCUT2D eigenvalue weighted by Crippen LogP contribution is 2.36. The van der Waals surface area contributed by atoms with Crippen molar-refractivity contribution in [1.29, 1.82) is 0 Å². The van der Waals surface area contributed by atoms with E-state index in [0.29, 0.717) is 0 Å². The van der Waals surface area contributed by atoms with Crippen LogP contribution in [0.5, 0.6) is 0 Å². The molecule has 7 nitrogen and oxygen atoms in total. The van der Waals surface area contributed by atoms with Crippen molar-refractivity contribution < 1.29 is 42.8 Å². The minimum atomic E-state index is -4.69. The summed E-state index contributed by atoms with van der Waals surface area (Å²) in [6.45, 7) is -0.872. The van der Waals surface area contributed by atoms with Gasteiger partial charge in [0.2, 0.25) is 5.91 Å². The van der Waals surface area contributed by atoms with Gasteiger partial charge in [-0.2, -0.15) is 13.2 Å². The minimum absolute atomic E-state index is 0.238. The maximum absolute atomic E-state index is 12.1. The number of aliphatic hydroxyl groups is 3. The topological polar surface area (TPSA) is 108 Å². The first kappa shape index (κ1) is 15.4. The highest BCUT2D eigenvalue weighted by atomic mass is 19.4. The molecular formula is C10H14F3NO6. The Morgan fingerprint density at radius 1 is 1.40 bits per heavy atom. The molecule has 2 heterocycles. The van der Waals surface area contributed by atoms with Crippen LogP contribution in [-0.2, 0) is 14.3 Å². The number of nitrogens with one attached hydrogen (secondary N) is 1. The van der Waals surface area contributed by atoms with E-state index in [1.165, 1.54) is 0 Å². The molecule has 116 valence electrons. The summed E-state index contributed by atoms with van der Waals surface area (Å²) in [5, 5.41) is 30.8. The molecule has 0 unspecified atom stereocenters. The first-order chi connectivity index (χ1) is 9.18. The predicted octanol–water partition coefficient (Wildman–Crippen LogP) is -1.74. The van der Waals surface area contributed by atoms with Crippen LogP contribution in [0.2, 0.25) is 0 Å². The number of hydrogen-bond acceptors (Lipinski definition) is 6. The molecule has 1 amide bonds. The highest BCUT2D eigenvalue weighted by molar-refractivity contribution is 5.77. The number of carbonyl (C=O) groups is 1. The third-order valence-corrected chi connectivity index (χ3v) is 3.32. The molecule has 0 aliphatic carbocycles. The van der Waals surface area contributed by atoms with Crippen LogP contribution in [0.3, 0.4) is 0 Å². The average molecular weight is 301 g/mol. The summed E-state index contributed by atoms with van der Waals surface area (Å²) in [5.41, 5.74) is -1.52. The molecular weight excluding hydrogens is 287 g/mol. The van der Waals surface area contributed by atoms with Gasteiger partial charge < -0.3 is 30.1 Å². The largest absolute Gasteiger partial charge is 0.397 e. The number of amides is 1. The normalized spacial score (nSPS) is 40.7. The summed E-state index contributed by atoms with van der Waals surface area (Å²) in [6.07, 6.45) is -10.8. The highest BCUT2D eigenvalue weighted by Gasteiger charge is 2.59. The summed E-state index contributed by atoms with van der Waals surface area (Å²) in [4.78, 5) is 11.2. The molecule has 2 aliphatic heterocycles. The van der Waals surface area contributed by atoms with E-state index in [9.17, 15) is 28.2 Å². The molecule has 4 N–H and O–H groups in total. The van der Waals surface area contributed by atoms with Crippen molar-refractivity contribution in [2.45, 2.75) is 42.7 Å². The fraction of sp³-hybridized carbons (Fsp3) is 0.900. The molecule has 0 aromatic carbocycles. The van der Waals surface area contributed by atoms with Gasteiger partial charge in [-0.25, -0.2) is 0 Å². The zero-order valence-corrected chi connectivity index (χ0v) is 10.1. The van der Waals surface area contributed by atoms with Gasteiger partial charge in [-0.05, 0) is 0 Å². The van der Waals surface area contributed by atoms with Crippen molar-refractivity contribution in [3.63, 3.8) is 0 Å². The molecule has 0 spiro atoms. The Morgan fingerprint density at radius 2 is 2.05 bits per heavy atom. The lowest BCUT2D eigenvalue weighted by Crippen LogP contribution is -2.66. The Balaban J connectivity index is 2.05. The van der Waals surface area contributed by atoms with Crippen molar-refractivity contribution in [1.82, 2.24) is 5.32 Å². The van der Waals surface area contributed by atoms with E-state index in [1.54, 1.807) is 0 Å². The second-order valence-electron chi connectivity index (χ2n) is 4.84. The van der Waals surface area contributed by atoms with Gasteiger partial charge in [-0.15, -0.1) is 0 Å². The monoisotopic (exact) mass is 301 g/mol. The van der Waals surface area contributed by atoms with E-state index >= 15 is 0 Å². The summed E-state index contributed by atoms with van der Waals surface area (Å²) >= 11 is 0. The molecule has 20 heavy (non-hydrogen) atoms. The van der Waals surface area contributed by atoms with E-state index in [0.717, 1.165) is 0 Å². The Hall–Kier alpha value is -0.940. The maximum Gasteiger partial charge on any atom is 0.397 e. The molecule has 0 saturated carbocycles. The molecule has 2 rings (SSSR count). The molecule has 0 radical (unpaired) electrons. The zero-order chi connectivity index (χ0) is 15.1. The summed E-state index contributed by atoms with van der Waals surface area (Å²) in [7, 11) is 0. The minimum Gasteiger partial charge on any atom is -0.393 e. The molecule has 2 aliphatic rings. The van der Waals surface area contributed by atoms with E-state index in [4.69, 9.17) is 14.6 Å². The smallest absolute Gasteiger partial charge is 0.393 e. The number of rotatable bonds is 3. The lowest BCUT2D eigenvalue weighted by Gasteiger charge is -2.42. The van der Waals surface area contributed by atoms with Crippen molar-refractivity contribution in [3.8, 4) is 0 Å². The summed E-state index contributed by atoms with van der Waals surface area (Å²) in [5.74, 6) is -1.37. The number of alkyl halides is 3. The van der Waals surface area contributed by atoms with Crippen molar-refractivity contribution >= 4 is 5.91 Å². The molecule has 2 saturated heterocycles. The third kappa shape index (κ3) is 2.74. The van der Waals surface area contributed by atoms with E-state index in [-0.39, 0.29) is 6.61 Å². The van der Waals surface area contributed by atoms with Crippen LogP contribution >= 0.6 is 0 Å². The van der Waals surface area contributed by atoms with Gasteiger partial charge >= 0.3 is 6.18 Å². The Morgan fingerprint density at radius 3 is 2.60 bits per heavy atom. The molecule has 5 atom stereocenters. The van der Waals surface area contributed by atoms with Crippen LogP contribution in [0, 0.1) is 0 Å². The van der Waals surface area contributed by atoms with E-state index in [1.807, 2.05) is 5.32 Å². The first-order valence-corrected chi connectivity index (χ1v) is 5.81. The number of halogens is 3. The SMILES string of the molecule is O=C(CC(F)(F)F)N[C@H]1[C@@H]2OC[C@](CO)(O2)[C@H](O)[C@@H]1O. The lowest BCUT2D eigenvalue weighted by atomic mass is 9.88. The van der Waals surface area contributed by atoms with E-state index in [2.05, 4.69) is 0 Å². The zero-order valence-electron chi connectivity index (χ0n) is 10.1. The number of carbonyl (C=O) groups excluding carboxylic acids is 1. The van der Waals surface area contributed by atoms with Gasteiger partial charge in [0.25, 0.3) is 0 Å². The predicted molar refractivity (Wildman–Crippen MR) is 55.3 cm³/mol. The van der Waals surface area contributed by atoms with Crippen LogP contribution in [-0.4, -0.2) is 70.8 Å². The van der Waals surface area contributed by atoms with Gasteiger partial charge in [-0.1, -0.05) is 0 Å². The number of fused-ring (bicyclic) bond motifs is 2. The van der Waals surface area contributed by atoms with Gasteiger partial charge in [-0.3, -0.25) is 4.79 Å². The number of ether oxygens (including phenoxy) is 2. The molecule has 2 bridgehead atoms. The Labute approximate surface area is 111 Å². The molecule has 0 aromatic heterocycles. The number of hydrogen-bond donors (Lipinski definition) is 4. The quantitative estimate of drug-likeness (QED) is 0.493. The van der Waals surface area contributed by atoms with E-state index < -0.39 is 55.3 Å². The fourth-order valence-electron chi connectivity index (χ4n) is 2.27. The van der Waals surface area contributed by atoms with Crippen molar-refractivity contribution in [3.05, 3.63) is 0 Å². The standard InChI is InChI=1S/C10H14F3NO6/c11-10(12,13)1-4(16)14-5-6(17)7(18)9(2-15)3-19-8(5)20-9/h5-8,15,17-18H,1-3H2,(H,14,16)/t5-,6-,7-,8-,9+/m1/s1. The fourth-order valence-corrected chi connectivity index (χ4v) is 2.27. The van der Waals surface area contributed by atoms with Crippen LogP contribution < -0.4 is 5.32 Å². The summed E-state index contributed by atoms with van der Waals surface area (Å²) in [6, 6.07) is -1.35. The van der Waals surface area contributed by atoms with Crippen molar-refractivity contribution in [2.75, 3.05) is 13.2 Å². The molecule has 10 heteroatoms. The second-order valence-corrected chi connectivity index (χ2v) is 4.84. The second kappa shape index (κ2) is 5.11. The average Bonchev–Trinajstić information content (AvgIpc) is 2.73. The van der Waals surface area contributed by atoms with Crippen LogP contribution in [0.4, 0.5) is 13.2 Å². The third-order valence-electron chi connectivity index (χ3n) is 3.32. The van der Waals surface area contributed by atoms with Crippen LogP contribution in [0.1, 0.15) is 6.42 Å². The maximum atomic E-state index is 12.1. The van der Waals surface area contributed by atoms with Gasteiger partial charge in [0.1, 0.15) is 30.3 Å². The molecule has 0 aromatic rings. The summed E-state index contributed by atoms with van der Waals surface area (Å²) < 4.78 is 46.4. The Kier molecular flexibility index (Phi) is 3.95. The van der Waals surface area contributed by atoms with Crippen molar-refractivity contribution in [2.24, 2.45) is 0 Å². The lowest BCUT2D eigenvalue weighted by molar-refractivity contribution is -0.234. The van der Waals surface area contributed by atoms with Gasteiger partial charge in [0.05, 0.1) is 13.2 Å². The number of aliphatic hydroxyl groups excluding tert-OH is 3. The van der Waals surface area contributed by atoms with Crippen LogP contribution in [0.25, 0.3) is 0 Å².